The highest BCUT2D eigenvalue weighted by Crippen LogP contribution is 2.32. The van der Waals surface area contributed by atoms with E-state index in [2.05, 4.69) is 9.88 Å². The van der Waals surface area contributed by atoms with E-state index in [1.54, 1.807) is 11.3 Å². The Morgan fingerprint density at radius 1 is 1.53 bits per heavy atom. The number of carbonyl (C=O) groups excluding carboxylic acids is 1. The van der Waals surface area contributed by atoms with Crippen molar-refractivity contribution >= 4 is 33.1 Å². The number of pyridine rings is 1. The summed E-state index contributed by atoms with van der Waals surface area (Å²) in [5, 5.41) is 2.04. The number of aromatic nitrogens is 1. The molecule has 4 nitrogen and oxygen atoms in total. The molecule has 0 bridgehead atoms. The van der Waals surface area contributed by atoms with Crippen LogP contribution in [0.25, 0.3) is 10.2 Å². The molecule has 3 heterocycles. The summed E-state index contributed by atoms with van der Waals surface area (Å²) in [6.07, 6.45) is 2.67. The van der Waals surface area contributed by atoms with Crippen molar-refractivity contribution in [1.82, 2.24) is 4.98 Å². The molecule has 1 aliphatic rings. The summed E-state index contributed by atoms with van der Waals surface area (Å²) in [6, 6.07) is 4.04. The molecule has 0 spiro atoms. The van der Waals surface area contributed by atoms with Gasteiger partial charge in [0.15, 0.2) is 0 Å². The van der Waals surface area contributed by atoms with Crippen LogP contribution in [0.15, 0.2) is 23.7 Å². The maximum atomic E-state index is 11.2. The molecule has 0 radical (unpaired) electrons. The fraction of sp³-hybridized carbons (Fsp3) is 0.333. The molecule has 0 aromatic carbocycles. The van der Waals surface area contributed by atoms with Gasteiger partial charge in [-0.3, -0.25) is 9.78 Å². The second kappa shape index (κ2) is 4.00. The van der Waals surface area contributed by atoms with Crippen LogP contribution in [-0.4, -0.2) is 24.0 Å². The van der Waals surface area contributed by atoms with E-state index in [1.807, 2.05) is 23.7 Å². The Kier molecular flexibility index (Phi) is 2.48. The number of thiophene rings is 1. The van der Waals surface area contributed by atoms with Gasteiger partial charge in [0.2, 0.25) is 5.91 Å². The highest BCUT2D eigenvalue weighted by molar-refractivity contribution is 7.17. The lowest BCUT2D eigenvalue weighted by molar-refractivity contribution is -0.121. The summed E-state index contributed by atoms with van der Waals surface area (Å²) in [5.74, 6) is -0.206. The fourth-order valence-electron chi connectivity index (χ4n) is 2.32. The van der Waals surface area contributed by atoms with E-state index >= 15 is 0 Å². The molecule has 1 amide bonds. The first-order valence-corrected chi connectivity index (χ1v) is 6.50. The van der Waals surface area contributed by atoms with E-state index in [-0.39, 0.29) is 11.8 Å². The first-order valence-electron chi connectivity index (χ1n) is 5.62. The average molecular weight is 247 g/mol. The van der Waals surface area contributed by atoms with Gasteiger partial charge in [-0.2, -0.15) is 0 Å². The average Bonchev–Trinajstić information content (AvgIpc) is 2.97. The summed E-state index contributed by atoms with van der Waals surface area (Å²) in [5.41, 5.74) is 7.55. The Bertz CT molecular complexity index is 566. The Morgan fingerprint density at radius 3 is 3.18 bits per heavy atom. The Hall–Kier alpha value is -1.62. The number of amides is 1. The van der Waals surface area contributed by atoms with E-state index in [0.717, 1.165) is 25.0 Å². The highest BCUT2D eigenvalue weighted by Gasteiger charge is 2.27. The molecule has 3 rings (SSSR count). The topological polar surface area (TPSA) is 59.2 Å². The summed E-state index contributed by atoms with van der Waals surface area (Å²) in [7, 11) is 0. The maximum absolute atomic E-state index is 11.2. The van der Waals surface area contributed by atoms with E-state index in [1.165, 1.54) is 10.4 Å². The van der Waals surface area contributed by atoms with Crippen LogP contribution >= 0.6 is 11.3 Å². The van der Waals surface area contributed by atoms with Crippen LogP contribution in [0, 0.1) is 5.92 Å². The lowest BCUT2D eigenvalue weighted by atomic mass is 10.1. The van der Waals surface area contributed by atoms with Crippen molar-refractivity contribution < 1.29 is 4.79 Å². The number of fused-ring (bicyclic) bond motifs is 1. The first kappa shape index (κ1) is 10.5. The van der Waals surface area contributed by atoms with Gasteiger partial charge in [0.05, 0.1) is 21.8 Å². The van der Waals surface area contributed by atoms with Gasteiger partial charge in [-0.15, -0.1) is 11.3 Å². The van der Waals surface area contributed by atoms with Crippen molar-refractivity contribution in [2.24, 2.45) is 11.7 Å². The molecule has 2 aromatic heterocycles. The molecule has 1 aliphatic heterocycles. The van der Waals surface area contributed by atoms with Gasteiger partial charge in [-0.25, -0.2) is 0 Å². The second-order valence-electron chi connectivity index (χ2n) is 4.30. The van der Waals surface area contributed by atoms with Crippen molar-refractivity contribution in [3.63, 3.8) is 0 Å². The number of nitrogens with zero attached hydrogens (tertiary/aromatic N) is 2. The monoisotopic (exact) mass is 247 g/mol. The third-order valence-corrected chi connectivity index (χ3v) is 4.18. The minimum Gasteiger partial charge on any atom is -0.369 e. The molecule has 1 atom stereocenters. The van der Waals surface area contributed by atoms with E-state index in [4.69, 9.17) is 5.73 Å². The van der Waals surface area contributed by atoms with Gasteiger partial charge >= 0.3 is 0 Å². The molecule has 17 heavy (non-hydrogen) atoms. The van der Waals surface area contributed by atoms with Gasteiger partial charge in [0.25, 0.3) is 0 Å². The Balaban J connectivity index is 1.95. The fourth-order valence-corrected chi connectivity index (χ4v) is 3.21. The summed E-state index contributed by atoms with van der Waals surface area (Å²) >= 11 is 1.69. The van der Waals surface area contributed by atoms with Crippen LogP contribution in [0.3, 0.4) is 0 Å². The molecule has 88 valence electrons. The van der Waals surface area contributed by atoms with Gasteiger partial charge in [0, 0.05) is 19.3 Å². The Labute approximate surface area is 103 Å². The zero-order valence-electron chi connectivity index (χ0n) is 9.30. The number of primary amides is 1. The first-order chi connectivity index (χ1) is 8.25. The van der Waals surface area contributed by atoms with Crippen molar-refractivity contribution in [2.45, 2.75) is 6.42 Å². The number of hydrogen-bond donors (Lipinski definition) is 1. The highest BCUT2D eigenvalue weighted by atomic mass is 32.1. The maximum Gasteiger partial charge on any atom is 0.222 e. The van der Waals surface area contributed by atoms with Crippen LogP contribution in [-0.2, 0) is 4.79 Å². The van der Waals surface area contributed by atoms with Crippen LogP contribution in [0.2, 0.25) is 0 Å². The number of rotatable bonds is 2. The molecule has 1 unspecified atom stereocenters. The van der Waals surface area contributed by atoms with Crippen LogP contribution < -0.4 is 10.6 Å². The normalized spacial score (nSPS) is 20.0. The predicted molar refractivity (Wildman–Crippen MR) is 69.1 cm³/mol. The third kappa shape index (κ3) is 1.76. The van der Waals surface area contributed by atoms with Gasteiger partial charge in [0.1, 0.15) is 0 Å². The van der Waals surface area contributed by atoms with Crippen molar-refractivity contribution in [2.75, 3.05) is 18.0 Å². The zero-order valence-corrected chi connectivity index (χ0v) is 10.1. The quantitative estimate of drug-likeness (QED) is 0.877. The molecular formula is C12H13N3OS. The molecular weight excluding hydrogens is 234 g/mol. The van der Waals surface area contributed by atoms with Gasteiger partial charge < -0.3 is 10.6 Å². The second-order valence-corrected chi connectivity index (χ2v) is 5.22. The van der Waals surface area contributed by atoms with E-state index in [0.29, 0.717) is 0 Å². The van der Waals surface area contributed by atoms with E-state index < -0.39 is 0 Å². The molecule has 5 heteroatoms. The number of hydrogen-bond acceptors (Lipinski definition) is 4. The zero-order chi connectivity index (χ0) is 11.8. The molecule has 1 saturated heterocycles. The lowest BCUT2D eigenvalue weighted by Gasteiger charge is -2.18. The largest absolute Gasteiger partial charge is 0.369 e. The van der Waals surface area contributed by atoms with Crippen LogP contribution in [0.4, 0.5) is 5.69 Å². The van der Waals surface area contributed by atoms with Crippen LogP contribution in [0.5, 0.6) is 0 Å². The summed E-state index contributed by atoms with van der Waals surface area (Å²) < 4.78 is 1.19. The lowest BCUT2D eigenvalue weighted by Crippen LogP contribution is -2.27. The van der Waals surface area contributed by atoms with Gasteiger partial charge in [-0.1, -0.05) is 0 Å². The molecule has 0 saturated carbocycles. The van der Waals surface area contributed by atoms with Gasteiger partial charge in [-0.05, 0) is 23.9 Å². The van der Waals surface area contributed by atoms with Crippen molar-refractivity contribution in [3.8, 4) is 0 Å². The van der Waals surface area contributed by atoms with E-state index in [9.17, 15) is 4.79 Å². The van der Waals surface area contributed by atoms with Crippen LogP contribution in [0.1, 0.15) is 6.42 Å². The number of anilines is 1. The molecule has 2 N–H and O–H groups in total. The smallest absolute Gasteiger partial charge is 0.222 e. The molecule has 0 aliphatic carbocycles. The molecule has 1 fully saturated rings. The van der Waals surface area contributed by atoms with Crippen molar-refractivity contribution in [3.05, 3.63) is 23.7 Å². The standard InChI is InChI=1S/C12H13N3OS/c13-12(16)8-2-5-15(7-8)10-1-4-14-9-3-6-17-11(9)10/h1,3-4,6,8H,2,5,7H2,(H2,13,16). The molecule has 2 aromatic rings. The summed E-state index contributed by atoms with van der Waals surface area (Å²) in [4.78, 5) is 17.7. The third-order valence-electron chi connectivity index (χ3n) is 3.25. The van der Waals surface area contributed by atoms with Crippen molar-refractivity contribution in [1.29, 1.82) is 0 Å². The SMILES string of the molecule is NC(=O)C1CCN(c2ccnc3ccsc23)C1. The predicted octanol–water partition coefficient (Wildman–Crippen LogP) is 1.61. The summed E-state index contributed by atoms with van der Waals surface area (Å²) in [6.45, 7) is 1.62. The Morgan fingerprint density at radius 2 is 2.41 bits per heavy atom. The minimum absolute atomic E-state index is 0.0156. The number of carbonyl (C=O) groups is 1. The minimum atomic E-state index is -0.191. The number of nitrogens with two attached hydrogens (primary N) is 1.